The number of nitrogens with one attached hydrogen (secondary N) is 2. The molecule has 2 aromatic rings. The van der Waals surface area contributed by atoms with Crippen LogP contribution in [0.3, 0.4) is 0 Å². The van der Waals surface area contributed by atoms with Crippen molar-refractivity contribution >= 4 is 27.5 Å². The second-order valence-electron chi connectivity index (χ2n) is 8.44. The van der Waals surface area contributed by atoms with Gasteiger partial charge in [0.1, 0.15) is 0 Å². The minimum Gasteiger partial charge on any atom is -0.356 e. The Morgan fingerprint density at radius 3 is 2.33 bits per heavy atom. The summed E-state index contributed by atoms with van der Waals surface area (Å²) in [4.78, 5) is 27.1. The lowest BCUT2D eigenvalue weighted by Crippen LogP contribution is -2.43. The fraction of sp³-hybridized carbons (Fsp3) is 0.440. The lowest BCUT2D eigenvalue weighted by Gasteiger charge is -2.31. The number of nitrogens with zero attached hydrogens (tertiary/aromatic N) is 1. The van der Waals surface area contributed by atoms with Crippen molar-refractivity contribution in [3.63, 3.8) is 0 Å². The Labute approximate surface area is 196 Å². The van der Waals surface area contributed by atoms with Crippen molar-refractivity contribution in [2.75, 3.05) is 24.4 Å². The third kappa shape index (κ3) is 6.57. The molecule has 0 unspecified atom stereocenters. The molecule has 8 heteroatoms. The summed E-state index contributed by atoms with van der Waals surface area (Å²) in [7, 11) is -3.76. The molecule has 0 aromatic heterocycles. The van der Waals surface area contributed by atoms with Gasteiger partial charge in [-0.15, -0.1) is 0 Å². The lowest BCUT2D eigenvalue weighted by atomic mass is 9.95. The number of aryl methyl sites for hydroxylation is 1. The van der Waals surface area contributed by atoms with Gasteiger partial charge in [0.05, 0.1) is 4.90 Å². The van der Waals surface area contributed by atoms with E-state index in [9.17, 15) is 18.0 Å². The number of hydrogen-bond acceptors (Lipinski definition) is 4. The van der Waals surface area contributed by atoms with Gasteiger partial charge >= 0.3 is 0 Å². The largest absolute Gasteiger partial charge is 0.356 e. The molecule has 2 amide bonds. The molecule has 0 bridgehead atoms. The highest BCUT2D eigenvalue weighted by Gasteiger charge is 2.27. The monoisotopic (exact) mass is 471 g/mol. The second kappa shape index (κ2) is 11.3. The van der Waals surface area contributed by atoms with E-state index < -0.39 is 10.0 Å². The van der Waals surface area contributed by atoms with Crippen LogP contribution in [0.5, 0.6) is 0 Å². The van der Waals surface area contributed by atoms with Crippen molar-refractivity contribution in [3.05, 3.63) is 59.7 Å². The first-order valence-corrected chi connectivity index (χ1v) is 13.1. The first-order valence-electron chi connectivity index (χ1n) is 11.6. The van der Waals surface area contributed by atoms with E-state index in [4.69, 9.17) is 0 Å². The molecule has 1 aliphatic heterocycles. The number of benzene rings is 2. The molecule has 7 nitrogen and oxygen atoms in total. The van der Waals surface area contributed by atoms with Gasteiger partial charge in [-0.05, 0) is 61.6 Å². The van der Waals surface area contributed by atoms with E-state index in [1.807, 2.05) is 19.1 Å². The minimum absolute atomic E-state index is 0.0584. The fourth-order valence-electron chi connectivity index (χ4n) is 3.97. The molecular weight excluding hydrogens is 438 g/mol. The van der Waals surface area contributed by atoms with Crippen LogP contribution in [0.25, 0.3) is 0 Å². The molecule has 1 aliphatic rings. The summed E-state index contributed by atoms with van der Waals surface area (Å²) in [5.41, 5.74) is 1.85. The first kappa shape index (κ1) is 24.8. The van der Waals surface area contributed by atoms with Crippen LogP contribution in [0.4, 0.5) is 5.69 Å². The zero-order chi connectivity index (χ0) is 23.8. The highest BCUT2D eigenvalue weighted by molar-refractivity contribution is 7.92. The Morgan fingerprint density at radius 2 is 1.70 bits per heavy atom. The summed E-state index contributed by atoms with van der Waals surface area (Å²) < 4.78 is 28.1. The predicted octanol–water partition coefficient (Wildman–Crippen LogP) is 3.82. The Bertz CT molecular complexity index is 1060. The maximum Gasteiger partial charge on any atom is 0.261 e. The lowest BCUT2D eigenvalue weighted by molar-refractivity contribution is -0.126. The van der Waals surface area contributed by atoms with Crippen LogP contribution < -0.4 is 10.0 Å². The van der Waals surface area contributed by atoms with E-state index in [0.717, 1.165) is 24.8 Å². The summed E-state index contributed by atoms with van der Waals surface area (Å²) in [6.07, 6.45) is 4.05. The van der Waals surface area contributed by atoms with Crippen LogP contribution in [-0.2, 0) is 21.2 Å². The SMILES string of the molecule is CCCNC(=O)C1CCN(C(=O)c2cccc(NS(=O)(=O)c3ccc(CCC)cc3)c2)CC1. The van der Waals surface area contributed by atoms with E-state index in [1.165, 1.54) is 0 Å². The third-order valence-corrected chi connectivity index (χ3v) is 7.23. The van der Waals surface area contributed by atoms with Crippen LogP contribution in [0, 0.1) is 5.92 Å². The molecule has 1 saturated heterocycles. The third-order valence-electron chi connectivity index (χ3n) is 5.84. The molecule has 3 rings (SSSR count). The number of hydrogen-bond donors (Lipinski definition) is 2. The van der Waals surface area contributed by atoms with Gasteiger partial charge in [0.15, 0.2) is 0 Å². The van der Waals surface area contributed by atoms with E-state index in [-0.39, 0.29) is 22.6 Å². The summed E-state index contributed by atoms with van der Waals surface area (Å²) in [6, 6.07) is 13.4. The van der Waals surface area contributed by atoms with Crippen LogP contribution in [0.15, 0.2) is 53.4 Å². The van der Waals surface area contributed by atoms with Gasteiger partial charge in [0.2, 0.25) is 5.91 Å². The Morgan fingerprint density at radius 1 is 1.00 bits per heavy atom. The molecule has 1 fully saturated rings. The Kier molecular flexibility index (Phi) is 8.49. The fourth-order valence-corrected chi connectivity index (χ4v) is 5.02. The molecule has 1 heterocycles. The molecule has 0 radical (unpaired) electrons. The normalized spacial score (nSPS) is 14.7. The average molecular weight is 472 g/mol. The molecule has 33 heavy (non-hydrogen) atoms. The molecule has 0 atom stereocenters. The molecule has 0 spiro atoms. The zero-order valence-corrected chi connectivity index (χ0v) is 20.2. The summed E-state index contributed by atoms with van der Waals surface area (Å²) in [5, 5.41) is 2.92. The number of rotatable bonds is 9. The van der Waals surface area contributed by atoms with Gasteiger partial charge in [0.25, 0.3) is 15.9 Å². The van der Waals surface area contributed by atoms with Crippen molar-refractivity contribution in [3.8, 4) is 0 Å². The number of carbonyl (C=O) groups is 2. The maximum atomic E-state index is 13.0. The summed E-state index contributed by atoms with van der Waals surface area (Å²) in [5.74, 6) is -0.169. The molecule has 2 N–H and O–H groups in total. The highest BCUT2D eigenvalue weighted by Crippen LogP contribution is 2.22. The van der Waals surface area contributed by atoms with E-state index in [2.05, 4.69) is 17.0 Å². The minimum atomic E-state index is -3.76. The topological polar surface area (TPSA) is 95.6 Å². The van der Waals surface area contributed by atoms with Gasteiger partial charge in [-0.25, -0.2) is 8.42 Å². The smallest absolute Gasteiger partial charge is 0.261 e. The Hall–Kier alpha value is -2.87. The van der Waals surface area contributed by atoms with Crippen LogP contribution >= 0.6 is 0 Å². The van der Waals surface area contributed by atoms with Crippen LogP contribution in [0.1, 0.15) is 55.5 Å². The maximum absolute atomic E-state index is 13.0. The van der Waals surface area contributed by atoms with Crippen molar-refractivity contribution in [1.29, 1.82) is 0 Å². The van der Waals surface area contributed by atoms with Gasteiger partial charge < -0.3 is 10.2 Å². The quantitative estimate of drug-likeness (QED) is 0.581. The number of sulfonamides is 1. The Balaban J connectivity index is 1.63. The van der Waals surface area contributed by atoms with Crippen molar-refractivity contribution in [2.45, 2.75) is 50.8 Å². The van der Waals surface area contributed by atoms with E-state index in [0.29, 0.717) is 43.7 Å². The number of carbonyl (C=O) groups excluding carboxylic acids is 2. The van der Waals surface area contributed by atoms with Crippen LogP contribution in [-0.4, -0.2) is 44.8 Å². The van der Waals surface area contributed by atoms with Crippen molar-refractivity contribution in [2.24, 2.45) is 5.92 Å². The van der Waals surface area contributed by atoms with Crippen molar-refractivity contribution < 1.29 is 18.0 Å². The average Bonchev–Trinajstić information content (AvgIpc) is 2.82. The van der Waals surface area contributed by atoms with Gasteiger partial charge in [-0.2, -0.15) is 0 Å². The van der Waals surface area contributed by atoms with Crippen LogP contribution in [0.2, 0.25) is 0 Å². The number of anilines is 1. The van der Waals surface area contributed by atoms with E-state index in [1.54, 1.807) is 41.3 Å². The van der Waals surface area contributed by atoms with Gasteiger partial charge in [0, 0.05) is 36.8 Å². The predicted molar refractivity (Wildman–Crippen MR) is 130 cm³/mol. The summed E-state index contributed by atoms with van der Waals surface area (Å²) >= 11 is 0. The first-order chi connectivity index (χ1) is 15.8. The second-order valence-corrected chi connectivity index (χ2v) is 10.1. The standard InChI is InChI=1S/C25H33N3O4S/c1-3-6-19-9-11-23(12-10-19)33(31,32)27-22-8-5-7-21(18-22)25(30)28-16-13-20(14-17-28)24(29)26-15-4-2/h5,7-12,18,20,27H,3-4,6,13-17H2,1-2H3,(H,26,29). The van der Waals surface area contributed by atoms with Gasteiger partial charge in [-0.1, -0.05) is 38.5 Å². The molecule has 178 valence electrons. The number of likely N-dealkylation sites (tertiary alicyclic amines) is 1. The molecule has 2 aromatic carbocycles. The number of amides is 2. The highest BCUT2D eigenvalue weighted by atomic mass is 32.2. The molecular formula is C25H33N3O4S. The number of piperidine rings is 1. The molecule has 0 saturated carbocycles. The van der Waals surface area contributed by atoms with Gasteiger partial charge in [-0.3, -0.25) is 14.3 Å². The zero-order valence-electron chi connectivity index (χ0n) is 19.3. The summed E-state index contributed by atoms with van der Waals surface area (Å²) in [6.45, 7) is 5.77. The van der Waals surface area contributed by atoms with E-state index >= 15 is 0 Å². The molecule has 0 aliphatic carbocycles. The van der Waals surface area contributed by atoms with Crippen molar-refractivity contribution in [1.82, 2.24) is 10.2 Å².